The van der Waals surface area contributed by atoms with Crippen LogP contribution in [0.25, 0.3) is 16.7 Å². The van der Waals surface area contributed by atoms with Crippen molar-refractivity contribution in [3.63, 3.8) is 0 Å². The van der Waals surface area contributed by atoms with Gasteiger partial charge in [0.15, 0.2) is 5.82 Å². The second-order valence-electron chi connectivity index (χ2n) is 8.50. The van der Waals surface area contributed by atoms with Crippen LogP contribution in [0.2, 0.25) is 0 Å². The molecule has 0 N–H and O–H groups in total. The van der Waals surface area contributed by atoms with E-state index in [4.69, 9.17) is 4.74 Å². The molecule has 0 amide bonds. The number of fused-ring (bicyclic) bond motifs is 1. The Balaban J connectivity index is 1.55. The van der Waals surface area contributed by atoms with E-state index in [9.17, 15) is 8.78 Å². The zero-order valence-corrected chi connectivity index (χ0v) is 17.8. The van der Waals surface area contributed by atoms with Crippen molar-refractivity contribution in [3.05, 3.63) is 41.9 Å². The lowest BCUT2D eigenvalue weighted by Crippen LogP contribution is -2.45. The van der Waals surface area contributed by atoms with Gasteiger partial charge in [-0.15, -0.1) is 0 Å². The number of halogens is 2. The number of likely N-dealkylation sites (tertiary alicyclic amines) is 1. The molecule has 2 aliphatic heterocycles. The number of morpholine rings is 1. The van der Waals surface area contributed by atoms with E-state index in [1.807, 2.05) is 25.1 Å². The number of hydrogen-bond donors (Lipinski definition) is 0. The molecular weight excluding hydrogens is 402 g/mol. The molecule has 3 aromatic rings. The summed E-state index contributed by atoms with van der Waals surface area (Å²) < 4.78 is 36.9. The van der Waals surface area contributed by atoms with E-state index < -0.39 is 11.8 Å². The van der Waals surface area contributed by atoms with Gasteiger partial charge in [-0.2, -0.15) is 5.10 Å². The molecule has 1 aromatic carbocycles. The molecule has 5 rings (SSSR count). The van der Waals surface area contributed by atoms with E-state index in [0.29, 0.717) is 37.6 Å². The molecule has 2 aromatic heterocycles. The van der Waals surface area contributed by atoms with Crippen molar-refractivity contribution in [3.8, 4) is 5.82 Å². The Morgan fingerprint density at radius 2 is 1.84 bits per heavy atom. The molecule has 2 saturated heterocycles. The zero-order valence-electron chi connectivity index (χ0n) is 17.8. The topological polar surface area (TPSA) is 59.3 Å². The van der Waals surface area contributed by atoms with Gasteiger partial charge in [-0.1, -0.05) is 0 Å². The minimum Gasteiger partial charge on any atom is -0.378 e. The highest BCUT2D eigenvalue weighted by atomic mass is 19.3. The van der Waals surface area contributed by atoms with Gasteiger partial charge in [-0.05, 0) is 50.2 Å². The maximum Gasteiger partial charge on any atom is 0.267 e. The molecule has 1 atom stereocenters. The summed E-state index contributed by atoms with van der Waals surface area (Å²) in [6.07, 6.45) is 3.71. The maximum absolute atomic E-state index is 14.9. The molecule has 0 saturated carbocycles. The van der Waals surface area contributed by atoms with Crippen molar-refractivity contribution < 1.29 is 13.5 Å². The molecule has 2 aliphatic rings. The molecule has 9 heteroatoms. The number of hydrogen-bond acceptors (Lipinski definition) is 6. The Hall–Kier alpha value is -2.65. The van der Waals surface area contributed by atoms with E-state index in [0.717, 1.165) is 35.4 Å². The van der Waals surface area contributed by atoms with Crippen LogP contribution < -0.4 is 4.90 Å². The molecule has 31 heavy (non-hydrogen) atoms. The summed E-state index contributed by atoms with van der Waals surface area (Å²) in [5.41, 5.74) is 2.34. The summed E-state index contributed by atoms with van der Waals surface area (Å²) in [7, 11) is 1.75. The normalized spacial score (nSPS) is 22.2. The number of piperidine rings is 1. The first kappa shape index (κ1) is 20.3. The lowest BCUT2D eigenvalue weighted by Gasteiger charge is -2.37. The second-order valence-corrected chi connectivity index (χ2v) is 8.50. The smallest absolute Gasteiger partial charge is 0.267 e. The molecule has 0 bridgehead atoms. The largest absolute Gasteiger partial charge is 0.378 e. The summed E-state index contributed by atoms with van der Waals surface area (Å²) in [5.74, 6) is -2.14. The Morgan fingerprint density at radius 3 is 2.61 bits per heavy atom. The van der Waals surface area contributed by atoms with Crippen molar-refractivity contribution >= 4 is 16.7 Å². The summed E-state index contributed by atoms with van der Waals surface area (Å²) in [4.78, 5) is 12.7. The minimum absolute atomic E-state index is 0.219. The van der Waals surface area contributed by atoms with Crippen LogP contribution in [-0.4, -0.2) is 77.0 Å². The fraction of sp³-hybridized carbons (Fsp3) is 0.500. The van der Waals surface area contributed by atoms with E-state index >= 15 is 0 Å². The zero-order chi connectivity index (χ0) is 21.6. The van der Waals surface area contributed by atoms with Gasteiger partial charge < -0.3 is 14.5 Å². The standard InChI is InChI=1S/C22H26F2N6O/c1-15-9-16-12-27-30(21-11-20(25-14-26-21)29-5-7-31-8-6-29)19(16)10-17(15)18-3-4-28(2)13-22(18,23)24/h9-12,14,18H,3-8,13H2,1-2H3. The minimum atomic E-state index is -2.77. The van der Waals surface area contributed by atoms with Crippen molar-refractivity contribution in [2.24, 2.45) is 0 Å². The number of alkyl halides is 2. The summed E-state index contributed by atoms with van der Waals surface area (Å²) in [5, 5.41) is 5.42. The Labute approximate surface area is 179 Å². The van der Waals surface area contributed by atoms with Crippen molar-refractivity contribution in [1.29, 1.82) is 0 Å². The molecule has 0 aliphatic carbocycles. The first-order chi connectivity index (χ1) is 14.9. The maximum atomic E-state index is 14.9. The number of aryl methyl sites for hydroxylation is 1. The van der Waals surface area contributed by atoms with Crippen LogP contribution in [0.15, 0.2) is 30.7 Å². The van der Waals surface area contributed by atoms with Crippen LogP contribution >= 0.6 is 0 Å². The van der Waals surface area contributed by atoms with Gasteiger partial charge in [0, 0.05) is 24.5 Å². The highest BCUT2D eigenvalue weighted by Crippen LogP contribution is 2.42. The SMILES string of the molecule is Cc1cc2cnn(-c3cc(N4CCOCC4)ncn3)c2cc1C1CCN(C)CC1(F)F. The number of aromatic nitrogens is 4. The van der Waals surface area contributed by atoms with Crippen LogP contribution in [0.1, 0.15) is 23.5 Å². The number of anilines is 1. The lowest BCUT2D eigenvalue weighted by molar-refractivity contribution is -0.0766. The number of rotatable bonds is 3. The van der Waals surface area contributed by atoms with Crippen molar-refractivity contribution in [1.82, 2.24) is 24.6 Å². The van der Waals surface area contributed by atoms with Gasteiger partial charge >= 0.3 is 0 Å². The van der Waals surface area contributed by atoms with E-state index in [2.05, 4.69) is 20.0 Å². The first-order valence-electron chi connectivity index (χ1n) is 10.6. The second kappa shape index (κ2) is 7.80. The van der Waals surface area contributed by atoms with Gasteiger partial charge in [0.1, 0.15) is 12.1 Å². The van der Waals surface area contributed by atoms with Gasteiger partial charge in [0.05, 0.1) is 37.4 Å². The molecule has 4 heterocycles. The fourth-order valence-corrected chi connectivity index (χ4v) is 4.67. The molecule has 164 valence electrons. The number of nitrogens with zero attached hydrogens (tertiary/aromatic N) is 6. The van der Waals surface area contributed by atoms with Crippen LogP contribution in [0.4, 0.5) is 14.6 Å². The van der Waals surface area contributed by atoms with E-state index in [-0.39, 0.29) is 6.54 Å². The third-order valence-corrected chi connectivity index (χ3v) is 6.31. The Kier molecular flexibility index (Phi) is 5.10. The average molecular weight is 428 g/mol. The third-order valence-electron chi connectivity index (χ3n) is 6.31. The van der Waals surface area contributed by atoms with Crippen LogP contribution in [0, 0.1) is 6.92 Å². The lowest BCUT2D eigenvalue weighted by atomic mass is 9.83. The van der Waals surface area contributed by atoms with Gasteiger partial charge in [0.25, 0.3) is 5.92 Å². The van der Waals surface area contributed by atoms with Gasteiger partial charge in [0.2, 0.25) is 0 Å². The monoisotopic (exact) mass is 428 g/mol. The average Bonchev–Trinajstić information content (AvgIpc) is 3.16. The predicted molar refractivity (Wildman–Crippen MR) is 114 cm³/mol. The number of ether oxygens (including phenoxy) is 1. The Morgan fingerprint density at radius 1 is 1.06 bits per heavy atom. The first-order valence-corrected chi connectivity index (χ1v) is 10.6. The van der Waals surface area contributed by atoms with E-state index in [1.54, 1.807) is 22.8 Å². The Bertz CT molecular complexity index is 1090. The fourth-order valence-electron chi connectivity index (χ4n) is 4.67. The summed E-state index contributed by atoms with van der Waals surface area (Å²) in [6, 6.07) is 5.71. The highest BCUT2D eigenvalue weighted by molar-refractivity contribution is 5.82. The predicted octanol–water partition coefficient (Wildman–Crippen LogP) is 3.01. The summed E-state index contributed by atoms with van der Waals surface area (Å²) in [6.45, 7) is 5.21. The molecule has 7 nitrogen and oxygen atoms in total. The van der Waals surface area contributed by atoms with Crippen LogP contribution in [0.5, 0.6) is 0 Å². The molecule has 1 unspecified atom stereocenters. The van der Waals surface area contributed by atoms with Crippen molar-refractivity contribution in [2.75, 3.05) is 51.3 Å². The highest BCUT2D eigenvalue weighted by Gasteiger charge is 2.45. The van der Waals surface area contributed by atoms with Crippen LogP contribution in [0.3, 0.4) is 0 Å². The molecule has 0 spiro atoms. The molecule has 0 radical (unpaired) electrons. The van der Waals surface area contributed by atoms with Crippen LogP contribution in [-0.2, 0) is 4.74 Å². The third kappa shape index (κ3) is 3.76. The molecular formula is C22H26F2N6O. The van der Waals surface area contributed by atoms with E-state index in [1.165, 1.54) is 6.33 Å². The quantitative estimate of drug-likeness (QED) is 0.639. The van der Waals surface area contributed by atoms with Gasteiger partial charge in [-0.3, -0.25) is 0 Å². The van der Waals surface area contributed by atoms with Crippen molar-refractivity contribution in [2.45, 2.75) is 25.2 Å². The van der Waals surface area contributed by atoms with Gasteiger partial charge in [-0.25, -0.2) is 23.4 Å². The summed E-state index contributed by atoms with van der Waals surface area (Å²) >= 11 is 0. The number of benzene rings is 1. The molecule has 2 fully saturated rings.